The Kier molecular flexibility index (Phi) is 6.67. The van der Waals surface area contributed by atoms with E-state index < -0.39 is 5.60 Å². The Labute approximate surface area is 214 Å². The molecule has 1 saturated heterocycles. The molecular weight excluding hydrogens is 478 g/mol. The zero-order chi connectivity index (χ0) is 24.4. The van der Waals surface area contributed by atoms with Crippen molar-refractivity contribution in [3.63, 3.8) is 0 Å². The van der Waals surface area contributed by atoms with Crippen LogP contribution in [0.2, 0.25) is 5.02 Å². The molecule has 3 heterocycles. The van der Waals surface area contributed by atoms with Crippen molar-refractivity contribution >= 4 is 40.8 Å². The van der Waals surface area contributed by atoms with Crippen LogP contribution in [0.5, 0.6) is 5.75 Å². The predicted octanol–water partition coefficient (Wildman–Crippen LogP) is 5.83. The van der Waals surface area contributed by atoms with E-state index >= 15 is 0 Å². The maximum atomic E-state index is 13.6. The van der Waals surface area contributed by atoms with Crippen LogP contribution in [-0.4, -0.2) is 42.8 Å². The number of carbonyl (C=O) groups excluding carboxylic acids is 1. The molecule has 0 radical (unpaired) electrons. The lowest BCUT2D eigenvalue weighted by Gasteiger charge is -2.45. The number of halogens is 1. The molecule has 7 heteroatoms. The minimum absolute atomic E-state index is 0.0307. The van der Waals surface area contributed by atoms with Gasteiger partial charge in [0.25, 0.3) is 5.91 Å². The molecule has 2 aliphatic heterocycles. The van der Waals surface area contributed by atoms with Crippen LogP contribution in [-0.2, 0) is 12.8 Å². The van der Waals surface area contributed by atoms with Crippen molar-refractivity contribution in [1.29, 1.82) is 5.41 Å². The van der Waals surface area contributed by atoms with E-state index in [1.54, 1.807) is 17.4 Å². The van der Waals surface area contributed by atoms with Crippen molar-refractivity contribution in [3.05, 3.63) is 92.1 Å². The van der Waals surface area contributed by atoms with Gasteiger partial charge in [0.15, 0.2) is 0 Å². The minimum Gasteiger partial charge on any atom is -0.482 e. The highest BCUT2D eigenvalue weighted by Gasteiger charge is 2.45. The van der Waals surface area contributed by atoms with E-state index in [2.05, 4.69) is 22.8 Å². The summed E-state index contributed by atoms with van der Waals surface area (Å²) in [6, 6.07) is 17.7. The van der Waals surface area contributed by atoms with Gasteiger partial charge in [0.2, 0.25) is 0 Å². The van der Waals surface area contributed by atoms with Gasteiger partial charge >= 0.3 is 0 Å². The number of hydrogen-bond acceptors (Lipinski definition) is 5. The van der Waals surface area contributed by atoms with E-state index in [-0.39, 0.29) is 5.91 Å². The van der Waals surface area contributed by atoms with Crippen LogP contribution in [0.15, 0.2) is 65.6 Å². The van der Waals surface area contributed by atoms with Crippen molar-refractivity contribution in [3.8, 4) is 5.75 Å². The number of hydrogen-bond donors (Lipinski definition) is 2. The SMILES string of the molecule is CNC1=C(C=N)C2(CCN(C(=O)c3ccc(Cl)cc3CCc3cccs3)CC2)Oc2ccccc21. The minimum atomic E-state index is -0.618. The number of aryl methyl sites for hydroxylation is 2. The largest absolute Gasteiger partial charge is 0.482 e. The number of rotatable bonds is 6. The van der Waals surface area contributed by atoms with Crippen LogP contribution in [0.4, 0.5) is 0 Å². The van der Waals surface area contributed by atoms with E-state index in [9.17, 15) is 4.79 Å². The number of amides is 1. The van der Waals surface area contributed by atoms with Crippen molar-refractivity contribution < 1.29 is 9.53 Å². The Hall–Kier alpha value is -3.09. The summed E-state index contributed by atoms with van der Waals surface area (Å²) in [5, 5.41) is 14.2. The highest BCUT2D eigenvalue weighted by Crippen LogP contribution is 2.44. The Morgan fingerprint density at radius 1 is 1.17 bits per heavy atom. The molecule has 2 aromatic carbocycles. The molecule has 5 nitrogen and oxygen atoms in total. The number of piperidine rings is 1. The van der Waals surface area contributed by atoms with Crippen molar-refractivity contribution in [1.82, 2.24) is 10.2 Å². The van der Waals surface area contributed by atoms with Gasteiger partial charge in [-0.15, -0.1) is 11.3 Å². The molecule has 0 aliphatic carbocycles. The third-order valence-electron chi connectivity index (χ3n) is 6.99. The highest BCUT2D eigenvalue weighted by atomic mass is 35.5. The predicted molar refractivity (Wildman–Crippen MR) is 143 cm³/mol. The molecule has 0 bridgehead atoms. The normalized spacial score (nSPS) is 16.6. The molecule has 180 valence electrons. The van der Waals surface area contributed by atoms with Crippen LogP contribution in [0, 0.1) is 5.41 Å². The average molecular weight is 506 g/mol. The molecule has 5 rings (SSSR count). The van der Waals surface area contributed by atoms with Gasteiger partial charge in [0, 0.05) is 65.8 Å². The van der Waals surface area contributed by atoms with Crippen LogP contribution >= 0.6 is 22.9 Å². The molecule has 2 aliphatic rings. The fourth-order valence-corrected chi connectivity index (χ4v) is 6.08. The molecule has 0 atom stereocenters. The van der Waals surface area contributed by atoms with Crippen LogP contribution < -0.4 is 10.1 Å². The van der Waals surface area contributed by atoms with Gasteiger partial charge in [-0.05, 0) is 60.2 Å². The van der Waals surface area contributed by atoms with Gasteiger partial charge in [0.05, 0.1) is 5.70 Å². The third-order valence-corrected chi connectivity index (χ3v) is 8.16. The van der Waals surface area contributed by atoms with Gasteiger partial charge in [-0.1, -0.05) is 29.8 Å². The monoisotopic (exact) mass is 505 g/mol. The van der Waals surface area contributed by atoms with Crippen molar-refractivity contribution in [2.45, 2.75) is 31.3 Å². The van der Waals surface area contributed by atoms with Crippen LogP contribution in [0.25, 0.3) is 5.70 Å². The molecule has 1 fully saturated rings. The molecule has 35 heavy (non-hydrogen) atoms. The fraction of sp³-hybridized carbons (Fsp3) is 0.286. The second-order valence-electron chi connectivity index (χ2n) is 8.95. The summed E-state index contributed by atoms with van der Waals surface area (Å²) < 4.78 is 6.55. The Morgan fingerprint density at radius 3 is 2.69 bits per heavy atom. The van der Waals surface area contributed by atoms with Crippen LogP contribution in [0.3, 0.4) is 0 Å². The van der Waals surface area contributed by atoms with E-state index in [1.165, 1.54) is 11.1 Å². The quantitative estimate of drug-likeness (QED) is 0.414. The number of fused-ring (bicyclic) bond motifs is 1. The van der Waals surface area contributed by atoms with E-state index in [1.807, 2.05) is 48.3 Å². The Morgan fingerprint density at radius 2 is 1.97 bits per heavy atom. The molecule has 2 N–H and O–H groups in total. The van der Waals surface area contributed by atoms with E-state index in [0.29, 0.717) is 31.0 Å². The van der Waals surface area contributed by atoms with Crippen molar-refractivity contribution in [2.24, 2.45) is 0 Å². The topological polar surface area (TPSA) is 65.4 Å². The third kappa shape index (κ3) is 4.48. The fourth-order valence-electron chi connectivity index (χ4n) is 5.18. The lowest BCUT2D eigenvalue weighted by Crippen LogP contribution is -2.53. The van der Waals surface area contributed by atoms with Gasteiger partial charge in [-0.3, -0.25) is 4.79 Å². The summed E-state index contributed by atoms with van der Waals surface area (Å²) >= 11 is 8.03. The Balaban J connectivity index is 1.36. The molecule has 0 unspecified atom stereocenters. The van der Waals surface area contributed by atoms with E-state index in [0.717, 1.165) is 46.6 Å². The summed E-state index contributed by atoms with van der Waals surface area (Å²) in [6.07, 6.45) is 4.31. The van der Waals surface area contributed by atoms with Gasteiger partial charge in [-0.25, -0.2) is 0 Å². The number of thiophene rings is 1. The number of carbonyl (C=O) groups is 1. The number of para-hydroxylation sites is 1. The zero-order valence-electron chi connectivity index (χ0n) is 19.6. The number of nitrogens with one attached hydrogen (secondary N) is 2. The number of ether oxygens (including phenoxy) is 1. The molecule has 1 amide bonds. The second kappa shape index (κ2) is 9.88. The first kappa shape index (κ1) is 23.6. The number of nitrogens with zero attached hydrogens (tertiary/aromatic N) is 1. The lowest BCUT2D eigenvalue weighted by atomic mass is 9.79. The molecule has 3 aromatic rings. The van der Waals surface area contributed by atoms with Crippen LogP contribution in [0.1, 0.15) is 39.2 Å². The van der Waals surface area contributed by atoms with Gasteiger partial charge in [0.1, 0.15) is 11.4 Å². The van der Waals surface area contributed by atoms with Gasteiger partial charge < -0.3 is 20.4 Å². The maximum absolute atomic E-state index is 13.6. The lowest BCUT2D eigenvalue weighted by molar-refractivity contribution is 0.0290. The standard InChI is InChI=1S/C28H28ClN3O2S/c1-31-26-23-6-2-3-7-25(23)34-28(24(26)18-30)12-14-32(15-13-28)27(33)22-11-9-20(29)17-19(22)8-10-21-5-4-16-35-21/h2-7,9,11,16-18,30-31H,8,10,12-15H2,1H3. The summed E-state index contributed by atoms with van der Waals surface area (Å²) in [6.45, 7) is 1.12. The number of benzene rings is 2. The van der Waals surface area contributed by atoms with Gasteiger partial charge in [-0.2, -0.15) is 0 Å². The number of likely N-dealkylation sites (tertiary alicyclic amines) is 1. The first-order valence-electron chi connectivity index (χ1n) is 11.9. The second-order valence-corrected chi connectivity index (χ2v) is 10.4. The average Bonchev–Trinajstić information content (AvgIpc) is 3.40. The molecule has 0 saturated carbocycles. The molecule has 1 spiro atoms. The zero-order valence-corrected chi connectivity index (χ0v) is 21.2. The Bertz CT molecular complexity index is 1280. The first-order valence-corrected chi connectivity index (χ1v) is 13.1. The summed E-state index contributed by atoms with van der Waals surface area (Å²) in [7, 11) is 1.88. The molecule has 1 aromatic heterocycles. The van der Waals surface area contributed by atoms with E-state index in [4.69, 9.17) is 21.7 Å². The summed E-state index contributed by atoms with van der Waals surface area (Å²) in [5.41, 5.74) is 3.82. The smallest absolute Gasteiger partial charge is 0.254 e. The highest BCUT2D eigenvalue weighted by molar-refractivity contribution is 7.09. The summed E-state index contributed by atoms with van der Waals surface area (Å²) in [4.78, 5) is 16.8. The first-order chi connectivity index (χ1) is 17.0. The summed E-state index contributed by atoms with van der Waals surface area (Å²) in [5.74, 6) is 0.846. The maximum Gasteiger partial charge on any atom is 0.254 e. The molecular formula is C28H28ClN3O2S. The van der Waals surface area contributed by atoms with Crippen molar-refractivity contribution in [2.75, 3.05) is 20.1 Å².